The highest BCUT2D eigenvalue weighted by atomic mass is 16.6. The lowest BCUT2D eigenvalue weighted by atomic mass is 10.1. The predicted octanol–water partition coefficient (Wildman–Crippen LogP) is 7.27. The molecule has 168 valence electrons. The number of hydrogen-bond donors (Lipinski definition) is 0. The molecule has 0 fully saturated rings. The lowest BCUT2D eigenvalue weighted by Crippen LogP contribution is -2.27. The molecule has 0 aliphatic rings. The van der Waals surface area contributed by atoms with E-state index in [9.17, 15) is 4.79 Å². The second kappa shape index (κ2) is 10.7. The molecule has 31 heavy (non-hydrogen) atoms. The number of rotatable bonds is 11. The number of unbranched alkanes of at least 4 members (excludes halogenated alkanes) is 6. The molecule has 0 N–H and O–H groups in total. The van der Waals surface area contributed by atoms with Gasteiger partial charge in [-0.25, -0.2) is 4.79 Å². The Hall–Kier alpha value is -2.49. The van der Waals surface area contributed by atoms with Gasteiger partial charge in [0.25, 0.3) is 0 Å². The maximum Gasteiger partial charge on any atom is 0.344 e. The first-order valence-electron chi connectivity index (χ1n) is 11.7. The minimum absolute atomic E-state index is 0.0826. The van der Waals surface area contributed by atoms with Gasteiger partial charge in [-0.1, -0.05) is 63.6 Å². The van der Waals surface area contributed by atoms with Gasteiger partial charge in [-0.15, -0.1) is 0 Å². The summed E-state index contributed by atoms with van der Waals surface area (Å²) in [6.45, 7) is 8.75. The van der Waals surface area contributed by atoms with E-state index in [1.165, 1.54) is 61.2 Å². The summed E-state index contributed by atoms with van der Waals surface area (Å²) in [6.07, 6.45) is 9.06. The monoisotopic (exact) mass is 423 g/mol. The molecule has 4 nitrogen and oxygen atoms in total. The maximum absolute atomic E-state index is 12.0. The summed E-state index contributed by atoms with van der Waals surface area (Å²) in [6, 6.07) is 14.7. The molecule has 3 aromatic rings. The molecular formula is C27H37NO3. The molecular weight excluding hydrogens is 386 g/mol. The van der Waals surface area contributed by atoms with Gasteiger partial charge >= 0.3 is 5.97 Å². The van der Waals surface area contributed by atoms with Crippen LogP contribution >= 0.6 is 0 Å². The number of esters is 1. The molecule has 0 saturated heterocycles. The summed E-state index contributed by atoms with van der Waals surface area (Å²) in [7, 11) is 0. The summed E-state index contributed by atoms with van der Waals surface area (Å²) in [4.78, 5) is 12.0. The Labute approximate surface area is 186 Å². The summed E-state index contributed by atoms with van der Waals surface area (Å²) in [5.41, 5.74) is 1.91. The van der Waals surface area contributed by atoms with Gasteiger partial charge in [0.05, 0.1) is 5.52 Å². The summed E-state index contributed by atoms with van der Waals surface area (Å²) < 4.78 is 13.5. The average molecular weight is 424 g/mol. The summed E-state index contributed by atoms with van der Waals surface area (Å²) in [5, 5.41) is 2.49. The van der Waals surface area contributed by atoms with Crippen molar-refractivity contribution in [1.29, 1.82) is 0 Å². The molecule has 0 atom stereocenters. The predicted molar refractivity (Wildman–Crippen MR) is 129 cm³/mol. The van der Waals surface area contributed by atoms with Crippen molar-refractivity contribution < 1.29 is 14.3 Å². The molecule has 2 aromatic carbocycles. The Morgan fingerprint density at radius 1 is 0.871 bits per heavy atom. The van der Waals surface area contributed by atoms with Gasteiger partial charge in [-0.3, -0.25) is 0 Å². The number of para-hydroxylation sites is 1. The van der Waals surface area contributed by atoms with Gasteiger partial charge in [-0.2, -0.15) is 0 Å². The van der Waals surface area contributed by atoms with E-state index in [1.54, 1.807) is 0 Å². The largest absolute Gasteiger partial charge is 0.482 e. The van der Waals surface area contributed by atoms with Crippen LogP contribution in [0.3, 0.4) is 0 Å². The number of ether oxygens (including phenoxy) is 2. The van der Waals surface area contributed by atoms with Crippen molar-refractivity contribution in [3.05, 3.63) is 42.5 Å². The van der Waals surface area contributed by atoms with Gasteiger partial charge in [-0.05, 0) is 45.4 Å². The SMILES string of the molecule is CCCCCCCCCn1c2ccccc2c2ccc(OCC(=O)OC(C)(C)C)cc21. The number of nitrogens with zero attached hydrogens (tertiary/aromatic N) is 1. The quantitative estimate of drug-likeness (QED) is 0.241. The van der Waals surface area contributed by atoms with Crippen molar-refractivity contribution in [2.45, 2.75) is 84.8 Å². The van der Waals surface area contributed by atoms with Crippen molar-refractivity contribution in [2.24, 2.45) is 0 Å². The Kier molecular flexibility index (Phi) is 8.00. The number of carbonyl (C=O) groups is 1. The Bertz CT molecular complexity index is 997. The highest BCUT2D eigenvalue weighted by molar-refractivity contribution is 6.08. The second-order valence-electron chi connectivity index (χ2n) is 9.34. The van der Waals surface area contributed by atoms with E-state index >= 15 is 0 Å². The van der Waals surface area contributed by atoms with Crippen LogP contribution in [0.15, 0.2) is 42.5 Å². The molecule has 0 aliphatic carbocycles. The third-order valence-corrected chi connectivity index (χ3v) is 5.51. The van der Waals surface area contributed by atoms with E-state index in [2.05, 4.69) is 47.9 Å². The minimum Gasteiger partial charge on any atom is -0.482 e. The zero-order chi connectivity index (χ0) is 22.3. The molecule has 1 heterocycles. The normalized spacial score (nSPS) is 11.9. The van der Waals surface area contributed by atoms with Crippen LogP contribution in [0.5, 0.6) is 5.75 Å². The van der Waals surface area contributed by atoms with Gasteiger partial charge < -0.3 is 14.0 Å². The van der Waals surface area contributed by atoms with E-state index in [0.717, 1.165) is 12.1 Å². The van der Waals surface area contributed by atoms with Crippen molar-refractivity contribution in [1.82, 2.24) is 4.57 Å². The molecule has 0 unspecified atom stereocenters. The van der Waals surface area contributed by atoms with E-state index in [1.807, 2.05) is 26.8 Å². The highest BCUT2D eigenvalue weighted by Crippen LogP contribution is 2.32. The smallest absolute Gasteiger partial charge is 0.344 e. The van der Waals surface area contributed by atoms with Crippen molar-refractivity contribution in [3.8, 4) is 5.75 Å². The molecule has 0 radical (unpaired) electrons. The van der Waals surface area contributed by atoms with Crippen LogP contribution in [0.1, 0.15) is 72.6 Å². The topological polar surface area (TPSA) is 40.5 Å². The highest BCUT2D eigenvalue weighted by Gasteiger charge is 2.17. The molecule has 0 aliphatic heterocycles. The van der Waals surface area contributed by atoms with Crippen molar-refractivity contribution in [3.63, 3.8) is 0 Å². The average Bonchev–Trinajstić information content (AvgIpc) is 3.03. The summed E-state index contributed by atoms with van der Waals surface area (Å²) >= 11 is 0. The zero-order valence-electron chi connectivity index (χ0n) is 19.6. The van der Waals surface area contributed by atoms with E-state index in [4.69, 9.17) is 9.47 Å². The zero-order valence-corrected chi connectivity index (χ0v) is 19.6. The fraction of sp³-hybridized carbons (Fsp3) is 0.519. The fourth-order valence-electron chi connectivity index (χ4n) is 4.10. The Morgan fingerprint density at radius 2 is 1.55 bits per heavy atom. The van der Waals surface area contributed by atoms with Crippen molar-refractivity contribution >= 4 is 27.8 Å². The second-order valence-corrected chi connectivity index (χ2v) is 9.34. The third kappa shape index (κ3) is 6.49. The van der Waals surface area contributed by atoms with Crippen LogP contribution in [0.25, 0.3) is 21.8 Å². The number of aromatic nitrogens is 1. The lowest BCUT2D eigenvalue weighted by molar-refractivity contribution is -0.157. The standard InChI is InChI=1S/C27H37NO3/c1-5-6-7-8-9-10-13-18-28-24-15-12-11-14-22(24)23-17-16-21(19-25(23)28)30-20-26(29)31-27(2,3)4/h11-12,14-17,19H,5-10,13,18,20H2,1-4H3. The minimum atomic E-state index is -0.507. The van der Waals surface area contributed by atoms with Crippen LogP contribution < -0.4 is 4.74 Å². The Morgan fingerprint density at radius 3 is 2.29 bits per heavy atom. The molecule has 0 spiro atoms. The molecule has 0 amide bonds. The lowest BCUT2D eigenvalue weighted by Gasteiger charge is -2.19. The van der Waals surface area contributed by atoms with Crippen LogP contribution in [-0.2, 0) is 16.1 Å². The van der Waals surface area contributed by atoms with Gasteiger partial charge in [0.2, 0.25) is 0 Å². The van der Waals surface area contributed by atoms with Crippen LogP contribution in [-0.4, -0.2) is 22.7 Å². The Balaban J connectivity index is 1.73. The summed E-state index contributed by atoms with van der Waals surface area (Å²) in [5.74, 6) is 0.346. The number of carbonyl (C=O) groups excluding carboxylic acids is 1. The molecule has 3 rings (SSSR count). The third-order valence-electron chi connectivity index (χ3n) is 5.51. The van der Waals surface area contributed by atoms with E-state index in [0.29, 0.717) is 5.75 Å². The molecule has 0 bridgehead atoms. The number of fused-ring (bicyclic) bond motifs is 3. The van der Waals surface area contributed by atoms with Crippen molar-refractivity contribution in [2.75, 3.05) is 6.61 Å². The van der Waals surface area contributed by atoms with Gasteiger partial charge in [0.15, 0.2) is 6.61 Å². The molecule has 1 aromatic heterocycles. The number of benzene rings is 2. The maximum atomic E-state index is 12.0. The van der Waals surface area contributed by atoms with Crippen LogP contribution in [0.4, 0.5) is 0 Å². The van der Waals surface area contributed by atoms with Crippen LogP contribution in [0.2, 0.25) is 0 Å². The van der Waals surface area contributed by atoms with E-state index < -0.39 is 5.60 Å². The first-order chi connectivity index (χ1) is 14.9. The number of aryl methyl sites for hydroxylation is 1. The first-order valence-corrected chi connectivity index (χ1v) is 11.7. The number of hydrogen-bond acceptors (Lipinski definition) is 3. The first kappa shape index (κ1) is 23.2. The van der Waals surface area contributed by atoms with Gasteiger partial charge in [0, 0.05) is 28.9 Å². The van der Waals surface area contributed by atoms with Gasteiger partial charge in [0.1, 0.15) is 11.4 Å². The van der Waals surface area contributed by atoms with Crippen LogP contribution in [0, 0.1) is 0 Å². The van der Waals surface area contributed by atoms with E-state index in [-0.39, 0.29) is 12.6 Å². The molecule has 4 heteroatoms. The fourth-order valence-corrected chi connectivity index (χ4v) is 4.10. The molecule has 0 saturated carbocycles.